The summed E-state index contributed by atoms with van der Waals surface area (Å²) in [5.74, 6) is -0.791. The van der Waals surface area contributed by atoms with Crippen LogP contribution in [0.25, 0.3) is 0 Å². The van der Waals surface area contributed by atoms with Gasteiger partial charge in [0.2, 0.25) is 5.91 Å². The number of rotatable bonds is 12. The van der Waals surface area contributed by atoms with E-state index in [0.717, 1.165) is 25.7 Å². The number of hydrogen-bond donors (Lipinski definition) is 2. The Balaban J connectivity index is 3.54. The number of aliphatic carboxylic acids is 1. The Kier molecular flexibility index (Phi) is 9.98. The lowest BCUT2D eigenvalue weighted by Gasteiger charge is -2.27. The predicted molar refractivity (Wildman–Crippen MR) is 76.2 cm³/mol. The number of nitrogens with one attached hydrogen (secondary N) is 1. The number of carboxylic acid groups (broad SMARTS) is 1. The smallest absolute Gasteiger partial charge is 0.359 e. The van der Waals surface area contributed by atoms with E-state index in [-0.39, 0.29) is 19.1 Å². The summed E-state index contributed by atoms with van der Waals surface area (Å²) in [4.78, 5) is 22.1. The third-order valence-corrected chi connectivity index (χ3v) is 3.11. The van der Waals surface area contributed by atoms with E-state index in [4.69, 9.17) is 5.11 Å². The second-order valence-electron chi connectivity index (χ2n) is 5.77. The van der Waals surface area contributed by atoms with E-state index in [0.29, 0.717) is 30.4 Å². The first-order valence-corrected chi connectivity index (χ1v) is 7.24. The molecule has 0 aromatic rings. The first kappa shape index (κ1) is 18.8. The molecule has 0 saturated carbocycles. The fourth-order valence-corrected chi connectivity index (χ4v) is 2.00. The number of halogens is 1. The molecule has 6 heteroatoms. The van der Waals surface area contributed by atoms with Crippen molar-refractivity contribution in [3.8, 4) is 0 Å². The quantitative estimate of drug-likeness (QED) is 0.424. The minimum Gasteiger partial charge on any atom is -0.477 e. The molecule has 20 heavy (non-hydrogen) atoms. The highest BCUT2D eigenvalue weighted by molar-refractivity contribution is 5.75. The molecule has 118 valence electrons. The van der Waals surface area contributed by atoms with Gasteiger partial charge in [0, 0.05) is 19.4 Å². The summed E-state index contributed by atoms with van der Waals surface area (Å²) in [5.41, 5.74) is 0. The van der Waals surface area contributed by atoms with Crippen molar-refractivity contribution in [2.45, 2.75) is 38.5 Å². The van der Waals surface area contributed by atoms with Crippen molar-refractivity contribution in [3.63, 3.8) is 0 Å². The first-order valence-electron chi connectivity index (χ1n) is 7.24. The van der Waals surface area contributed by atoms with Gasteiger partial charge in [-0.25, -0.2) is 4.79 Å². The Morgan fingerprint density at radius 2 is 1.75 bits per heavy atom. The lowest BCUT2D eigenvalue weighted by molar-refractivity contribution is -0.883. The molecular weight excluding hydrogens is 263 g/mol. The minimum absolute atomic E-state index is 0.0220. The van der Waals surface area contributed by atoms with Gasteiger partial charge in [-0.3, -0.25) is 9.18 Å². The van der Waals surface area contributed by atoms with Crippen LogP contribution in [0.4, 0.5) is 4.39 Å². The Morgan fingerprint density at radius 1 is 1.10 bits per heavy atom. The van der Waals surface area contributed by atoms with Crippen LogP contribution in [0.5, 0.6) is 0 Å². The van der Waals surface area contributed by atoms with E-state index in [1.807, 2.05) is 14.1 Å². The number of nitrogens with zero attached hydrogens (tertiary/aromatic N) is 1. The summed E-state index contributed by atoms with van der Waals surface area (Å²) in [6.07, 6.45) is 4.35. The fourth-order valence-electron chi connectivity index (χ4n) is 2.00. The maximum atomic E-state index is 11.8. The monoisotopic (exact) mass is 291 g/mol. The van der Waals surface area contributed by atoms with Crippen LogP contribution in [0.2, 0.25) is 0 Å². The molecule has 0 bridgehead atoms. The van der Waals surface area contributed by atoms with Gasteiger partial charge in [0.1, 0.15) is 0 Å². The van der Waals surface area contributed by atoms with Crippen LogP contribution in [-0.4, -0.2) is 61.9 Å². The lowest BCUT2D eigenvalue weighted by atomic mass is 10.1. The zero-order chi connectivity index (χ0) is 15.4. The van der Waals surface area contributed by atoms with Crippen LogP contribution in [0.3, 0.4) is 0 Å². The van der Waals surface area contributed by atoms with Crippen molar-refractivity contribution in [3.05, 3.63) is 0 Å². The first-order chi connectivity index (χ1) is 9.37. The van der Waals surface area contributed by atoms with E-state index in [9.17, 15) is 14.0 Å². The number of amides is 1. The molecule has 0 fully saturated rings. The van der Waals surface area contributed by atoms with Gasteiger partial charge in [0.15, 0.2) is 6.54 Å². The Bertz CT molecular complexity index is 296. The average Bonchev–Trinajstić information content (AvgIpc) is 2.33. The Morgan fingerprint density at radius 3 is 2.35 bits per heavy atom. The SMILES string of the molecule is C[N+](C)(CCCNC(=O)CCCCCCF)CC(=O)O. The maximum absolute atomic E-state index is 11.8. The number of likely N-dealkylation sites (N-methyl/N-ethyl adjacent to an activating group) is 1. The average molecular weight is 291 g/mol. The van der Waals surface area contributed by atoms with E-state index in [2.05, 4.69) is 5.32 Å². The van der Waals surface area contributed by atoms with Gasteiger partial charge in [-0.2, -0.15) is 0 Å². The van der Waals surface area contributed by atoms with Crippen LogP contribution in [0, 0.1) is 0 Å². The third-order valence-electron chi connectivity index (χ3n) is 3.11. The number of carboxylic acids is 1. The second kappa shape index (κ2) is 10.6. The molecule has 0 atom stereocenters. The summed E-state index contributed by atoms with van der Waals surface area (Å²) >= 11 is 0. The number of unbranched alkanes of at least 4 members (excludes halogenated alkanes) is 3. The van der Waals surface area contributed by atoms with E-state index < -0.39 is 5.97 Å². The van der Waals surface area contributed by atoms with Crippen molar-refractivity contribution >= 4 is 11.9 Å². The largest absolute Gasteiger partial charge is 0.477 e. The number of quaternary nitrogens is 1. The van der Waals surface area contributed by atoms with Gasteiger partial charge in [0.05, 0.1) is 27.3 Å². The zero-order valence-corrected chi connectivity index (χ0v) is 12.7. The van der Waals surface area contributed by atoms with Crippen LogP contribution < -0.4 is 5.32 Å². The van der Waals surface area contributed by atoms with Crippen molar-refractivity contribution in [1.29, 1.82) is 0 Å². The standard InChI is InChI=1S/C14H27FN2O3/c1-17(2,12-14(19)20)11-7-10-16-13(18)8-5-3-4-6-9-15/h3-12H2,1-2H3,(H-,16,18,19,20)/p+1. The van der Waals surface area contributed by atoms with Gasteiger partial charge in [-0.1, -0.05) is 12.8 Å². The normalized spacial score (nSPS) is 11.3. The highest BCUT2D eigenvalue weighted by Crippen LogP contribution is 2.03. The summed E-state index contributed by atoms with van der Waals surface area (Å²) < 4.78 is 12.3. The molecule has 0 saturated heterocycles. The van der Waals surface area contributed by atoms with Crippen LogP contribution in [0.15, 0.2) is 0 Å². The molecule has 5 nitrogen and oxygen atoms in total. The molecule has 0 aliphatic rings. The lowest BCUT2D eigenvalue weighted by Crippen LogP contribution is -2.45. The van der Waals surface area contributed by atoms with Crippen LogP contribution in [-0.2, 0) is 9.59 Å². The predicted octanol–water partition coefficient (Wildman–Crippen LogP) is 1.57. The van der Waals surface area contributed by atoms with Crippen molar-refractivity contribution in [2.24, 2.45) is 0 Å². The Hall–Kier alpha value is -1.17. The van der Waals surface area contributed by atoms with Crippen LogP contribution in [0.1, 0.15) is 38.5 Å². The van der Waals surface area contributed by atoms with Gasteiger partial charge >= 0.3 is 5.97 Å². The molecule has 0 radical (unpaired) electrons. The molecule has 0 aromatic carbocycles. The van der Waals surface area contributed by atoms with E-state index in [1.54, 1.807) is 0 Å². The summed E-state index contributed by atoms with van der Waals surface area (Å²) in [5, 5.41) is 11.6. The molecule has 0 aliphatic carbocycles. The molecule has 0 unspecified atom stereocenters. The topological polar surface area (TPSA) is 66.4 Å². The number of carbonyl (C=O) groups is 2. The van der Waals surface area contributed by atoms with Crippen molar-refractivity contribution in [2.75, 3.05) is 40.4 Å². The van der Waals surface area contributed by atoms with Crippen molar-refractivity contribution in [1.82, 2.24) is 5.32 Å². The molecule has 0 rings (SSSR count). The highest BCUT2D eigenvalue weighted by Gasteiger charge is 2.18. The van der Waals surface area contributed by atoms with Gasteiger partial charge < -0.3 is 14.9 Å². The number of carbonyl (C=O) groups excluding carboxylic acids is 1. The van der Waals surface area contributed by atoms with Gasteiger partial charge in [-0.15, -0.1) is 0 Å². The molecule has 0 heterocycles. The summed E-state index contributed by atoms with van der Waals surface area (Å²) in [6, 6.07) is 0. The minimum atomic E-state index is -0.813. The number of hydrogen-bond acceptors (Lipinski definition) is 2. The van der Waals surface area contributed by atoms with Crippen LogP contribution >= 0.6 is 0 Å². The molecule has 0 aromatic heterocycles. The fraction of sp³-hybridized carbons (Fsp3) is 0.857. The zero-order valence-electron chi connectivity index (χ0n) is 12.7. The molecule has 0 aliphatic heterocycles. The highest BCUT2D eigenvalue weighted by atomic mass is 19.1. The maximum Gasteiger partial charge on any atom is 0.359 e. The third kappa shape index (κ3) is 11.9. The molecule has 1 amide bonds. The van der Waals surface area contributed by atoms with Gasteiger partial charge in [0.25, 0.3) is 0 Å². The summed E-state index contributed by atoms with van der Waals surface area (Å²) in [6.45, 7) is 1.09. The molecule has 0 spiro atoms. The molecular formula is C14H28FN2O3+. The number of alkyl halides is 1. The van der Waals surface area contributed by atoms with Gasteiger partial charge in [-0.05, 0) is 12.8 Å². The second-order valence-corrected chi connectivity index (χ2v) is 5.77. The van der Waals surface area contributed by atoms with E-state index in [1.165, 1.54) is 0 Å². The van der Waals surface area contributed by atoms with Crippen molar-refractivity contribution < 1.29 is 23.6 Å². The van der Waals surface area contributed by atoms with E-state index >= 15 is 0 Å². The Labute approximate surface area is 120 Å². The molecule has 2 N–H and O–H groups in total. The summed E-state index contributed by atoms with van der Waals surface area (Å²) in [7, 11) is 3.72.